The summed E-state index contributed by atoms with van der Waals surface area (Å²) in [6.45, 7) is 3.30. The molecule has 1 aromatic heterocycles. The Balaban J connectivity index is 1.48. The Morgan fingerprint density at radius 3 is 2.59 bits per heavy atom. The quantitative estimate of drug-likeness (QED) is 0.568. The predicted molar refractivity (Wildman–Crippen MR) is 111 cm³/mol. The number of aromatic nitrogens is 3. The van der Waals surface area contributed by atoms with Gasteiger partial charge >= 0.3 is 0 Å². The van der Waals surface area contributed by atoms with Gasteiger partial charge in [0.25, 0.3) is 0 Å². The zero-order chi connectivity index (χ0) is 20.6. The summed E-state index contributed by atoms with van der Waals surface area (Å²) in [5, 5.41) is 14.5. The number of likely N-dealkylation sites (N-methyl/N-ethyl adjacent to an activating group) is 1. The van der Waals surface area contributed by atoms with E-state index in [9.17, 15) is 5.11 Å². The van der Waals surface area contributed by atoms with Gasteiger partial charge in [0, 0.05) is 18.2 Å². The van der Waals surface area contributed by atoms with Crippen LogP contribution in [-0.2, 0) is 11.3 Å². The lowest BCUT2D eigenvalue weighted by molar-refractivity contribution is 0.00806. The molecule has 0 bridgehead atoms. The lowest BCUT2D eigenvalue weighted by Gasteiger charge is -2.27. The summed E-state index contributed by atoms with van der Waals surface area (Å²) in [6, 6.07) is 16.1. The fourth-order valence-corrected chi connectivity index (χ4v) is 3.17. The molecule has 154 valence electrons. The first-order valence-corrected chi connectivity index (χ1v) is 9.61. The van der Waals surface area contributed by atoms with Crippen LogP contribution in [0.5, 0.6) is 5.75 Å². The van der Waals surface area contributed by atoms with Crippen LogP contribution in [0.4, 0.5) is 0 Å². The minimum absolute atomic E-state index is 0.156. The van der Waals surface area contributed by atoms with Crippen molar-refractivity contribution < 1.29 is 14.6 Å². The van der Waals surface area contributed by atoms with Crippen LogP contribution in [0.25, 0.3) is 5.69 Å². The molecule has 0 spiro atoms. The van der Waals surface area contributed by atoms with E-state index >= 15 is 0 Å². The van der Waals surface area contributed by atoms with Gasteiger partial charge in [-0.25, -0.2) is 9.67 Å². The molecule has 0 radical (unpaired) electrons. The third-order valence-electron chi connectivity index (χ3n) is 4.98. The summed E-state index contributed by atoms with van der Waals surface area (Å²) >= 11 is 0. The highest BCUT2D eigenvalue weighted by molar-refractivity contribution is 5.34. The lowest BCUT2D eigenvalue weighted by atomic mass is 10.1. The number of hydrogen-bond acceptors (Lipinski definition) is 6. The molecule has 2 atom stereocenters. The van der Waals surface area contributed by atoms with Crippen LogP contribution in [0.3, 0.4) is 0 Å². The van der Waals surface area contributed by atoms with E-state index in [1.807, 2.05) is 43.4 Å². The average molecular weight is 396 g/mol. The SMILES string of the molecule is COc1ccccc1COCC(O)CN(C)C(C)c1ccc(-n2cncn2)cc1. The smallest absolute Gasteiger partial charge is 0.138 e. The Morgan fingerprint density at radius 2 is 1.90 bits per heavy atom. The summed E-state index contributed by atoms with van der Waals surface area (Å²) in [6.07, 6.45) is 2.61. The number of nitrogens with zero attached hydrogens (tertiary/aromatic N) is 4. The van der Waals surface area contributed by atoms with Crippen LogP contribution in [0.1, 0.15) is 24.1 Å². The highest BCUT2D eigenvalue weighted by Crippen LogP contribution is 2.21. The normalized spacial score (nSPS) is 13.4. The maximum Gasteiger partial charge on any atom is 0.138 e. The zero-order valence-electron chi connectivity index (χ0n) is 17.1. The van der Waals surface area contributed by atoms with E-state index in [4.69, 9.17) is 9.47 Å². The van der Waals surface area contributed by atoms with Crippen LogP contribution in [-0.4, -0.2) is 58.2 Å². The fraction of sp³-hybridized carbons (Fsp3) is 0.364. The van der Waals surface area contributed by atoms with Crippen molar-refractivity contribution in [2.75, 3.05) is 27.3 Å². The van der Waals surface area contributed by atoms with E-state index in [0.29, 0.717) is 13.2 Å². The first kappa shape index (κ1) is 21.0. The van der Waals surface area contributed by atoms with E-state index in [0.717, 1.165) is 17.0 Å². The molecule has 7 heteroatoms. The highest BCUT2D eigenvalue weighted by Gasteiger charge is 2.16. The molecule has 2 aromatic carbocycles. The molecule has 1 N–H and O–H groups in total. The van der Waals surface area contributed by atoms with E-state index in [1.54, 1.807) is 18.1 Å². The number of rotatable bonds is 10. The number of methoxy groups -OCH3 is 1. The lowest BCUT2D eigenvalue weighted by Crippen LogP contribution is -2.34. The Kier molecular flexibility index (Phi) is 7.35. The van der Waals surface area contributed by atoms with Gasteiger partial charge in [0.1, 0.15) is 18.4 Å². The van der Waals surface area contributed by atoms with E-state index in [1.165, 1.54) is 11.9 Å². The van der Waals surface area contributed by atoms with Gasteiger partial charge in [-0.05, 0) is 37.7 Å². The fourth-order valence-electron chi connectivity index (χ4n) is 3.17. The van der Waals surface area contributed by atoms with Crippen LogP contribution in [0, 0.1) is 0 Å². The third kappa shape index (κ3) is 5.63. The summed E-state index contributed by atoms with van der Waals surface area (Å²) in [4.78, 5) is 6.08. The molecule has 29 heavy (non-hydrogen) atoms. The maximum absolute atomic E-state index is 10.4. The minimum Gasteiger partial charge on any atom is -0.496 e. The molecule has 0 aliphatic rings. The second-order valence-corrected chi connectivity index (χ2v) is 7.03. The monoisotopic (exact) mass is 396 g/mol. The summed E-state index contributed by atoms with van der Waals surface area (Å²) in [5.74, 6) is 0.794. The molecule has 0 saturated heterocycles. The third-order valence-corrected chi connectivity index (χ3v) is 4.98. The van der Waals surface area contributed by atoms with Crippen LogP contribution in [0.15, 0.2) is 61.2 Å². The second-order valence-electron chi connectivity index (χ2n) is 7.03. The molecule has 0 aliphatic carbocycles. The number of para-hydroxylation sites is 1. The summed E-state index contributed by atoms with van der Waals surface area (Å²) < 4.78 is 12.7. The van der Waals surface area contributed by atoms with Crippen molar-refractivity contribution in [1.82, 2.24) is 19.7 Å². The summed E-state index contributed by atoms with van der Waals surface area (Å²) in [7, 11) is 3.64. The van der Waals surface area contributed by atoms with Gasteiger partial charge in [0.05, 0.1) is 32.1 Å². The number of ether oxygens (including phenoxy) is 2. The van der Waals surface area contributed by atoms with E-state index < -0.39 is 6.10 Å². The molecular weight excluding hydrogens is 368 g/mol. The molecule has 0 saturated carbocycles. The minimum atomic E-state index is -0.577. The van der Waals surface area contributed by atoms with Crippen LogP contribution >= 0.6 is 0 Å². The number of aliphatic hydroxyl groups is 1. The molecule has 3 aromatic rings. The first-order valence-electron chi connectivity index (χ1n) is 9.61. The van der Waals surface area contributed by atoms with Crippen molar-refractivity contribution in [2.45, 2.75) is 25.7 Å². The number of hydrogen-bond donors (Lipinski definition) is 1. The Morgan fingerprint density at radius 1 is 1.14 bits per heavy atom. The molecule has 7 nitrogen and oxygen atoms in total. The Bertz CT molecular complexity index is 868. The van der Waals surface area contributed by atoms with Gasteiger partial charge in [-0.2, -0.15) is 5.10 Å². The Hall–Kier alpha value is -2.74. The first-order chi connectivity index (χ1) is 14.1. The number of benzene rings is 2. The van der Waals surface area contributed by atoms with E-state index in [-0.39, 0.29) is 12.6 Å². The molecule has 0 aliphatic heterocycles. The molecule has 0 amide bonds. The molecular formula is C22H28N4O3. The van der Waals surface area contributed by atoms with Gasteiger partial charge in [0.2, 0.25) is 0 Å². The topological polar surface area (TPSA) is 72.6 Å². The van der Waals surface area contributed by atoms with Gasteiger partial charge in [-0.3, -0.25) is 4.90 Å². The standard InChI is InChI=1S/C22H28N4O3/c1-17(18-8-10-20(11-9-18)26-16-23-15-24-26)25(2)12-21(27)14-29-13-19-6-4-5-7-22(19)28-3/h4-11,15-17,21,27H,12-14H2,1-3H3. The second kappa shape index (κ2) is 10.2. The predicted octanol–water partition coefficient (Wildman–Crippen LogP) is 2.85. The van der Waals surface area contributed by atoms with Crippen molar-refractivity contribution in [3.8, 4) is 11.4 Å². The Labute approximate surface area is 171 Å². The molecule has 1 heterocycles. The van der Waals surface area contributed by atoms with Gasteiger partial charge in [-0.15, -0.1) is 0 Å². The van der Waals surface area contributed by atoms with Crippen molar-refractivity contribution in [3.05, 3.63) is 72.3 Å². The van der Waals surface area contributed by atoms with Crippen molar-refractivity contribution >= 4 is 0 Å². The van der Waals surface area contributed by atoms with Crippen molar-refractivity contribution in [1.29, 1.82) is 0 Å². The largest absolute Gasteiger partial charge is 0.496 e. The molecule has 3 rings (SSSR count). The molecule has 2 unspecified atom stereocenters. The zero-order valence-corrected chi connectivity index (χ0v) is 17.1. The van der Waals surface area contributed by atoms with Crippen molar-refractivity contribution in [2.24, 2.45) is 0 Å². The van der Waals surface area contributed by atoms with E-state index in [2.05, 4.69) is 34.0 Å². The van der Waals surface area contributed by atoms with Crippen LogP contribution in [0.2, 0.25) is 0 Å². The van der Waals surface area contributed by atoms with Gasteiger partial charge in [-0.1, -0.05) is 30.3 Å². The summed E-state index contributed by atoms with van der Waals surface area (Å²) in [5.41, 5.74) is 3.10. The maximum atomic E-state index is 10.4. The van der Waals surface area contributed by atoms with Crippen LogP contribution < -0.4 is 4.74 Å². The van der Waals surface area contributed by atoms with Crippen molar-refractivity contribution in [3.63, 3.8) is 0 Å². The number of aliphatic hydroxyl groups excluding tert-OH is 1. The average Bonchev–Trinajstić information content (AvgIpc) is 3.28. The van der Waals surface area contributed by atoms with Gasteiger partial charge in [0.15, 0.2) is 0 Å². The van der Waals surface area contributed by atoms with Gasteiger partial charge < -0.3 is 14.6 Å². The highest BCUT2D eigenvalue weighted by atomic mass is 16.5. The molecule has 0 fully saturated rings.